The number of hydrogen-bond donors (Lipinski definition) is 3. The molecule has 0 aliphatic heterocycles. The third-order valence-corrected chi connectivity index (χ3v) is 5.88. The van der Waals surface area contributed by atoms with Crippen molar-refractivity contribution in [1.82, 2.24) is 5.32 Å². The molecule has 0 radical (unpaired) electrons. The fourth-order valence-corrected chi connectivity index (χ4v) is 4.06. The van der Waals surface area contributed by atoms with Crippen LogP contribution in [0.3, 0.4) is 0 Å². The van der Waals surface area contributed by atoms with E-state index in [9.17, 15) is 18.0 Å². The maximum absolute atomic E-state index is 12.7. The topological polar surface area (TPSA) is 104 Å². The van der Waals surface area contributed by atoms with E-state index in [2.05, 4.69) is 15.4 Å². The number of carbonyl (C=O) groups excluding carboxylic acids is 2. The molecule has 2 amide bonds. The zero-order valence-electron chi connectivity index (χ0n) is 17.1. The molecule has 0 heterocycles. The van der Waals surface area contributed by atoms with Crippen LogP contribution in [0.1, 0.15) is 35.8 Å². The second-order valence-corrected chi connectivity index (χ2v) is 8.68. The van der Waals surface area contributed by atoms with E-state index in [4.69, 9.17) is 0 Å². The fraction of sp³-hybridized carbons (Fsp3) is 0.130. The van der Waals surface area contributed by atoms with Gasteiger partial charge in [0.2, 0.25) is 5.91 Å². The molecule has 3 N–H and O–H groups in total. The van der Waals surface area contributed by atoms with Crippen LogP contribution in [-0.2, 0) is 14.8 Å². The van der Waals surface area contributed by atoms with Gasteiger partial charge in [0.15, 0.2) is 0 Å². The van der Waals surface area contributed by atoms with Gasteiger partial charge >= 0.3 is 0 Å². The second kappa shape index (κ2) is 9.44. The summed E-state index contributed by atoms with van der Waals surface area (Å²) < 4.78 is 27.5. The summed E-state index contributed by atoms with van der Waals surface area (Å²) in [6, 6.07) is 21.2. The molecule has 7 nitrogen and oxygen atoms in total. The highest BCUT2D eigenvalue weighted by Gasteiger charge is 2.16. The smallest absolute Gasteiger partial charge is 0.261 e. The average molecular weight is 438 g/mol. The lowest BCUT2D eigenvalue weighted by Crippen LogP contribution is -2.26. The van der Waals surface area contributed by atoms with Crippen molar-refractivity contribution in [3.8, 4) is 0 Å². The SMILES string of the molecule is CC(=O)Nc1cccc(C(C)NC(=O)c2cccc(NS(=O)(=O)c3ccccc3)c2)c1. The molecule has 1 unspecified atom stereocenters. The fourth-order valence-electron chi connectivity index (χ4n) is 2.99. The lowest BCUT2D eigenvalue weighted by atomic mass is 10.1. The van der Waals surface area contributed by atoms with Gasteiger partial charge < -0.3 is 10.6 Å². The van der Waals surface area contributed by atoms with E-state index >= 15 is 0 Å². The molecule has 0 bridgehead atoms. The van der Waals surface area contributed by atoms with E-state index in [-0.39, 0.29) is 28.4 Å². The van der Waals surface area contributed by atoms with Crippen LogP contribution in [-0.4, -0.2) is 20.2 Å². The summed E-state index contributed by atoms with van der Waals surface area (Å²) in [5, 5.41) is 5.60. The van der Waals surface area contributed by atoms with Crippen LogP contribution < -0.4 is 15.4 Å². The highest BCUT2D eigenvalue weighted by Crippen LogP contribution is 2.20. The molecule has 0 saturated carbocycles. The van der Waals surface area contributed by atoms with E-state index in [1.165, 1.54) is 25.1 Å². The first-order valence-electron chi connectivity index (χ1n) is 9.61. The molecule has 3 aromatic carbocycles. The molecule has 0 saturated heterocycles. The Kier molecular flexibility index (Phi) is 6.71. The number of hydrogen-bond acceptors (Lipinski definition) is 4. The highest BCUT2D eigenvalue weighted by atomic mass is 32.2. The number of amides is 2. The number of carbonyl (C=O) groups is 2. The molecule has 0 fully saturated rings. The van der Waals surface area contributed by atoms with Gasteiger partial charge in [-0.25, -0.2) is 8.42 Å². The molecule has 31 heavy (non-hydrogen) atoms. The second-order valence-electron chi connectivity index (χ2n) is 7.00. The lowest BCUT2D eigenvalue weighted by molar-refractivity contribution is -0.114. The van der Waals surface area contributed by atoms with Crippen LogP contribution in [0.4, 0.5) is 11.4 Å². The molecule has 0 aliphatic carbocycles. The van der Waals surface area contributed by atoms with Crippen LogP contribution in [0.5, 0.6) is 0 Å². The van der Waals surface area contributed by atoms with Crippen molar-refractivity contribution in [2.24, 2.45) is 0 Å². The van der Waals surface area contributed by atoms with E-state index in [1.54, 1.807) is 54.6 Å². The third-order valence-electron chi connectivity index (χ3n) is 4.49. The van der Waals surface area contributed by atoms with Gasteiger partial charge in [0.05, 0.1) is 10.9 Å². The molecule has 3 aromatic rings. The first-order chi connectivity index (χ1) is 14.7. The van der Waals surface area contributed by atoms with E-state index in [1.807, 2.05) is 13.0 Å². The van der Waals surface area contributed by atoms with Gasteiger partial charge in [0.25, 0.3) is 15.9 Å². The molecular weight excluding hydrogens is 414 g/mol. The van der Waals surface area contributed by atoms with Gasteiger partial charge in [-0.2, -0.15) is 0 Å². The maximum Gasteiger partial charge on any atom is 0.261 e. The largest absolute Gasteiger partial charge is 0.346 e. The van der Waals surface area contributed by atoms with Gasteiger partial charge in [-0.3, -0.25) is 14.3 Å². The zero-order valence-corrected chi connectivity index (χ0v) is 17.9. The van der Waals surface area contributed by atoms with Crippen LogP contribution in [0.25, 0.3) is 0 Å². The van der Waals surface area contributed by atoms with Gasteiger partial charge in [0.1, 0.15) is 0 Å². The Morgan fingerprint density at radius 1 is 0.839 bits per heavy atom. The molecule has 0 aromatic heterocycles. The minimum Gasteiger partial charge on any atom is -0.346 e. The Bertz CT molecular complexity index is 1190. The summed E-state index contributed by atoms with van der Waals surface area (Å²) >= 11 is 0. The molecule has 0 spiro atoms. The summed E-state index contributed by atoms with van der Waals surface area (Å²) in [5.41, 5.74) is 2.07. The van der Waals surface area contributed by atoms with Crippen molar-refractivity contribution >= 4 is 33.2 Å². The standard InChI is InChI=1S/C23H23N3O4S/c1-16(18-8-6-10-20(14-18)25-17(2)27)24-23(28)19-9-7-11-21(15-19)26-31(29,30)22-12-4-3-5-13-22/h3-16,26H,1-2H3,(H,24,28)(H,25,27). The van der Waals surface area contributed by atoms with Crippen molar-refractivity contribution in [1.29, 1.82) is 0 Å². The van der Waals surface area contributed by atoms with Gasteiger partial charge in [-0.15, -0.1) is 0 Å². The van der Waals surface area contributed by atoms with Crippen molar-refractivity contribution in [2.75, 3.05) is 10.0 Å². The Balaban J connectivity index is 1.72. The van der Waals surface area contributed by atoms with E-state index in [0.29, 0.717) is 11.3 Å². The maximum atomic E-state index is 12.7. The number of anilines is 2. The van der Waals surface area contributed by atoms with Gasteiger partial charge in [-0.1, -0.05) is 36.4 Å². The number of sulfonamides is 1. The zero-order chi connectivity index (χ0) is 22.4. The number of benzene rings is 3. The Morgan fingerprint density at radius 2 is 1.52 bits per heavy atom. The monoisotopic (exact) mass is 437 g/mol. The quantitative estimate of drug-likeness (QED) is 0.521. The minimum atomic E-state index is -3.75. The van der Waals surface area contributed by atoms with Crippen molar-refractivity contribution in [3.63, 3.8) is 0 Å². The number of rotatable bonds is 7. The van der Waals surface area contributed by atoms with Crippen LogP contribution >= 0.6 is 0 Å². The lowest BCUT2D eigenvalue weighted by Gasteiger charge is -2.16. The predicted molar refractivity (Wildman–Crippen MR) is 120 cm³/mol. The van der Waals surface area contributed by atoms with E-state index < -0.39 is 10.0 Å². The molecule has 1 atom stereocenters. The first-order valence-corrected chi connectivity index (χ1v) is 11.1. The average Bonchev–Trinajstić information content (AvgIpc) is 2.74. The summed E-state index contributed by atoms with van der Waals surface area (Å²) in [7, 11) is -3.75. The molecule has 3 rings (SSSR count). The molecule has 8 heteroatoms. The van der Waals surface area contributed by atoms with Crippen LogP contribution in [0, 0.1) is 0 Å². The molecule has 0 aliphatic rings. The highest BCUT2D eigenvalue weighted by molar-refractivity contribution is 7.92. The third kappa shape index (κ3) is 5.93. The van der Waals surface area contributed by atoms with E-state index in [0.717, 1.165) is 5.56 Å². The van der Waals surface area contributed by atoms with Crippen molar-refractivity contribution in [2.45, 2.75) is 24.8 Å². The summed E-state index contributed by atoms with van der Waals surface area (Å²) in [5.74, 6) is -0.526. The van der Waals surface area contributed by atoms with Gasteiger partial charge in [0, 0.05) is 23.9 Å². The van der Waals surface area contributed by atoms with Crippen LogP contribution in [0.15, 0.2) is 83.8 Å². The Labute approximate surface area is 181 Å². The first kappa shape index (κ1) is 22.0. The molecular formula is C23H23N3O4S. The Morgan fingerprint density at radius 3 is 2.23 bits per heavy atom. The minimum absolute atomic E-state index is 0.137. The summed E-state index contributed by atoms with van der Waals surface area (Å²) in [6.45, 7) is 3.25. The normalized spacial score (nSPS) is 11.9. The summed E-state index contributed by atoms with van der Waals surface area (Å²) in [4.78, 5) is 24.1. The van der Waals surface area contributed by atoms with Crippen LogP contribution in [0.2, 0.25) is 0 Å². The predicted octanol–water partition coefficient (Wildman–Crippen LogP) is 3.94. The summed E-state index contributed by atoms with van der Waals surface area (Å²) in [6.07, 6.45) is 0. The van der Waals surface area contributed by atoms with Crippen molar-refractivity contribution < 1.29 is 18.0 Å². The van der Waals surface area contributed by atoms with Crippen molar-refractivity contribution in [3.05, 3.63) is 90.0 Å². The molecule has 160 valence electrons. The van der Waals surface area contributed by atoms with Gasteiger partial charge in [-0.05, 0) is 55.0 Å². The Hall–Kier alpha value is -3.65. The number of nitrogens with one attached hydrogen (secondary N) is 3.